The molecule has 1 N–H and O–H groups in total. The van der Waals surface area contributed by atoms with Crippen LogP contribution in [0.1, 0.15) is 32.8 Å². The van der Waals surface area contributed by atoms with Gasteiger partial charge in [0.25, 0.3) is 0 Å². The van der Waals surface area contributed by atoms with Gasteiger partial charge >= 0.3 is 0 Å². The molecule has 0 bridgehead atoms. The minimum absolute atomic E-state index is 0.157. The molecule has 20 heavy (non-hydrogen) atoms. The van der Waals surface area contributed by atoms with Crippen molar-refractivity contribution < 1.29 is 9.47 Å². The first-order valence-electron chi connectivity index (χ1n) is 7.14. The number of methoxy groups -OCH3 is 1. The second-order valence-corrected chi connectivity index (χ2v) is 5.97. The third kappa shape index (κ3) is 4.21. The predicted molar refractivity (Wildman–Crippen MR) is 87.6 cm³/mol. The van der Waals surface area contributed by atoms with E-state index in [1.165, 1.54) is 5.56 Å². The lowest BCUT2D eigenvalue weighted by atomic mass is 9.88. The molecule has 0 aliphatic rings. The van der Waals surface area contributed by atoms with Gasteiger partial charge in [-0.1, -0.05) is 13.0 Å². The van der Waals surface area contributed by atoms with Crippen molar-refractivity contribution in [2.24, 2.45) is 0 Å². The van der Waals surface area contributed by atoms with Gasteiger partial charge in [-0.15, -0.1) is 0 Å². The van der Waals surface area contributed by atoms with Gasteiger partial charge in [0.1, 0.15) is 5.75 Å². The zero-order valence-electron chi connectivity index (χ0n) is 13.1. The summed E-state index contributed by atoms with van der Waals surface area (Å²) in [6.45, 7) is 7.12. The fraction of sp³-hybridized carbons (Fsp3) is 0.625. The monoisotopic (exact) mass is 343 g/mol. The van der Waals surface area contributed by atoms with E-state index in [0.717, 1.165) is 29.7 Å². The Labute approximate surface area is 131 Å². The SMILES string of the molecule is CCOC(C)(CC)C(Cc1ccc(OC)c(Br)c1)NC. The molecule has 0 aliphatic heterocycles. The third-order valence-electron chi connectivity index (χ3n) is 3.92. The number of hydrogen-bond donors (Lipinski definition) is 1. The molecule has 0 heterocycles. The topological polar surface area (TPSA) is 30.5 Å². The second kappa shape index (κ2) is 8.01. The standard InChI is InChI=1S/C16H26BrNO2/c1-6-16(3,20-7-2)15(18-4)11-12-8-9-14(19-5)13(17)10-12/h8-10,15,18H,6-7,11H2,1-5H3. The quantitative estimate of drug-likeness (QED) is 0.778. The molecule has 0 saturated carbocycles. The summed E-state index contributed by atoms with van der Waals surface area (Å²) in [5.41, 5.74) is 1.10. The Morgan fingerprint density at radius 3 is 2.50 bits per heavy atom. The van der Waals surface area contributed by atoms with Gasteiger partial charge in [-0.25, -0.2) is 0 Å². The average Bonchev–Trinajstić information content (AvgIpc) is 2.45. The highest BCUT2D eigenvalue weighted by Gasteiger charge is 2.32. The zero-order valence-corrected chi connectivity index (χ0v) is 14.7. The molecule has 114 valence electrons. The molecule has 0 aromatic heterocycles. The first-order valence-corrected chi connectivity index (χ1v) is 7.93. The number of ether oxygens (including phenoxy) is 2. The van der Waals surface area contributed by atoms with Crippen molar-refractivity contribution in [3.8, 4) is 5.75 Å². The number of rotatable bonds is 8. The predicted octanol–water partition coefficient (Wildman–Crippen LogP) is 3.79. The van der Waals surface area contributed by atoms with E-state index in [-0.39, 0.29) is 11.6 Å². The number of halogens is 1. The molecule has 3 nitrogen and oxygen atoms in total. The van der Waals surface area contributed by atoms with Crippen molar-refractivity contribution >= 4 is 15.9 Å². The van der Waals surface area contributed by atoms with Gasteiger partial charge in [0.15, 0.2) is 0 Å². The molecule has 1 rings (SSSR count). The third-order valence-corrected chi connectivity index (χ3v) is 4.54. The first-order chi connectivity index (χ1) is 9.50. The van der Waals surface area contributed by atoms with Gasteiger partial charge < -0.3 is 14.8 Å². The van der Waals surface area contributed by atoms with E-state index < -0.39 is 0 Å². The van der Waals surface area contributed by atoms with Gasteiger partial charge in [0.2, 0.25) is 0 Å². The maximum Gasteiger partial charge on any atom is 0.133 e. The molecule has 0 fully saturated rings. The molecule has 4 heteroatoms. The molecule has 1 aromatic carbocycles. The molecule has 2 atom stereocenters. The van der Waals surface area contributed by atoms with Crippen molar-refractivity contribution in [1.29, 1.82) is 0 Å². The molecule has 0 spiro atoms. The summed E-state index contributed by atoms with van der Waals surface area (Å²) in [4.78, 5) is 0. The van der Waals surface area contributed by atoms with Gasteiger partial charge in [0, 0.05) is 12.6 Å². The highest BCUT2D eigenvalue weighted by atomic mass is 79.9. The maximum absolute atomic E-state index is 5.98. The zero-order chi connectivity index (χ0) is 15.2. The minimum Gasteiger partial charge on any atom is -0.496 e. The van der Waals surface area contributed by atoms with E-state index in [2.05, 4.69) is 47.2 Å². The Kier molecular flexibility index (Phi) is 7.00. The van der Waals surface area contributed by atoms with Crippen molar-refractivity contribution in [1.82, 2.24) is 5.32 Å². The van der Waals surface area contributed by atoms with E-state index >= 15 is 0 Å². The molecule has 1 aromatic rings. The summed E-state index contributed by atoms with van der Waals surface area (Å²) in [7, 11) is 3.68. The van der Waals surface area contributed by atoms with Crippen LogP contribution < -0.4 is 10.1 Å². The molecule has 0 radical (unpaired) electrons. The Hall–Kier alpha value is -0.580. The Balaban J connectivity index is 2.90. The Morgan fingerprint density at radius 2 is 2.05 bits per heavy atom. The van der Waals surface area contributed by atoms with Crippen molar-refractivity contribution in [3.05, 3.63) is 28.2 Å². The highest BCUT2D eigenvalue weighted by molar-refractivity contribution is 9.10. The maximum atomic E-state index is 5.98. The summed E-state index contributed by atoms with van der Waals surface area (Å²) >= 11 is 3.54. The number of hydrogen-bond acceptors (Lipinski definition) is 3. The Bertz CT molecular complexity index is 425. The lowest BCUT2D eigenvalue weighted by molar-refractivity contribution is -0.0534. The summed E-state index contributed by atoms with van der Waals surface area (Å²) in [5, 5.41) is 3.40. The van der Waals surface area contributed by atoms with Crippen LogP contribution in [0.4, 0.5) is 0 Å². The molecule has 0 aliphatic carbocycles. The fourth-order valence-corrected chi connectivity index (χ4v) is 3.06. The lowest BCUT2D eigenvalue weighted by Crippen LogP contribution is -2.50. The smallest absolute Gasteiger partial charge is 0.133 e. The van der Waals surface area contributed by atoms with E-state index in [1.54, 1.807) is 7.11 Å². The molecular weight excluding hydrogens is 318 g/mol. The van der Waals surface area contributed by atoms with Crippen LogP contribution in [-0.2, 0) is 11.2 Å². The lowest BCUT2D eigenvalue weighted by Gasteiger charge is -2.37. The van der Waals surface area contributed by atoms with Crippen LogP contribution in [-0.4, -0.2) is 32.4 Å². The van der Waals surface area contributed by atoms with Gasteiger partial charge in [-0.05, 0) is 67.4 Å². The van der Waals surface area contributed by atoms with Crippen molar-refractivity contribution in [2.75, 3.05) is 20.8 Å². The largest absolute Gasteiger partial charge is 0.496 e. The van der Waals surface area contributed by atoms with Gasteiger partial charge in [-0.3, -0.25) is 0 Å². The van der Waals surface area contributed by atoms with Crippen LogP contribution in [0.3, 0.4) is 0 Å². The van der Waals surface area contributed by atoms with Crippen LogP contribution >= 0.6 is 15.9 Å². The van der Waals surface area contributed by atoms with Crippen LogP contribution in [0.15, 0.2) is 22.7 Å². The highest BCUT2D eigenvalue weighted by Crippen LogP contribution is 2.28. The fourth-order valence-electron chi connectivity index (χ4n) is 2.47. The van der Waals surface area contributed by atoms with E-state index in [9.17, 15) is 0 Å². The molecular formula is C16H26BrNO2. The van der Waals surface area contributed by atoms with Crippen LogP contribution in [0.2, 0.25) is 0 Å². The first kappa shape index (κ1) is 17.5. The van der Waals surface area contributed by atoms with Crippen LogP contribution in [0.5, 0.6) is 5.75 Å². The molecule has 2 unspecified atom stereocenters. The second-order valence-electron chi connectivity index (χ2n) is 5.11. The summed E-state index contributed by atoms with van der Waals surface area (Å²) in [6, 6.07) is 6.49. The normalized spacial score (nSPS) is 15.7. The summed E-state index contributed by atoms with van der Waals surface area (Å²) in [6.07, 6.45) is 1.90. The Morgan fingerprint density at radius 1 is 1.35 bits per heavy atom. The van der Waals surface area contributed by atoms with E-state index in [4.69, 9.17) is 9.47 Å². The summed E-state index contributed by atoms with van der Waals surface area (Å²) < 4.78 is 12.2. The van der Waals surface area contributed by atoms with Crippen molar-refractivity contribution in [3.63, 3.8) is 0 Å². The van der Waals surface area contributed by atoms with Crippen LogP contribution in [0.25, 0.3) is 0 Å². The number of likely N-dealkylation sites (N-methyl/N-ethyl adjacent to an activating group) is 1. The van der Waals surface area contributed by atoms with Crippen molar-refractivity contribution in [2.45, 2.75) is 45.3 Å². The summed E-state index contributed by atoms with van der Waals surface area (Å²) in [5.74, 6) is 0.859. The van der Waals surface area contributed by atoms with E-state index in [0.29, 0.717) is 0 Å². The minimum atomic E-state index is -0.157. The number of nitrogens with one attached hydrogen (secondary N) is 1. The van der Waals surface area contributed by atoms with Gasteiger partial charge in [-0.2, -0.15) is 0 Å². The molecule has 0 amide bonds. The van der Waals surface area contributed by atoms with Gasteiger partial charge in [0.05, 0.1) is 17.2 Å². The van der Waals surface area contributed by atoms with Crippen LogP contribution in [0, 0.1) is 0 Å². The molecule has 0 saturated heterocycles. The average molecular weight is 344 g/mol. The van der Waals surface area contributed by atoms with E-state index in [1.807, 2.05) is 20.0 Å². The number of benzene rings is 1.